The second kappa shape index (κ2) is 4.80. The third-order valence-corrected chi connectivity index (χ3v) is 3.34. The highest BCUT2D eigenvalue weighted by Gasteiger charge is 2.25. The van der Waals surface area contributed by atoms with E-state index in [1.54, 1.807) is 11.0 Å². The van der Waals surface area contributed by atoms with Crippen molar-refractivity contribution in [2.24, 2.45) is 0 Å². The molecule has 0 unspecified atom stereocenters. The number of hydrogen-bond donors (Lipinski definition) is 0. The largest absolute Gasteiger partial charge is 0.308 e. The lowest BCUT2D eigenvalue weighted by atomic mass is 10.0. The van der Waals surface area contributed by atoms with Gasteiger partial charge in [0.15, 0.2) is 0 Å². The Morgan fingerprint density at radius 1 is 1.21 bits per heavy atom. The predicted molar refractivity (Wildman–Crippen MR) is 70.6 cm³/mol. The van der Waals surface area contributed by atoms with Gasteiger partial charge in [0, 0.05) is 18.4 Å². The molecule has 1 aromatic carbocycles. The highest BCUT2D eigenvalue weighted by atomic mass is 19.1. The molecule has 4 heteroatoms. The number of aromatic nitrogens is 1. The number of rotatable bonds is 1. The lowest BCUT2D eigenvalue weighted by Gasteiger charge is -2.29. The molecule has 0 spiro atoms. The Kier molecular flexibility index (Phi) is 2.99. The summed E-state index contributed by atoms with van der Waals surface area (Å²) in [6, 6.07) is 10.8. The van der Waals surface area contributed by atoms with Crippen molar-refractivity contribution in [2.45, 2.75) is 12.8 Å². The number of nitrogens with zero attached hydrogens (tertiary/aromatic N) is 2. The van der Waals surface area contributed by atoms with Crippen molar-refractivity contribution in [1.82, 2.24) is 4.98 Å². The van der Waals surface area contributed by atoms with E-state index >= 15 is 0 Å². The molecule has 19 heavy (non-hydrogen) atoms. The Morgan fingerprint density at radius 2 is 2.05 bits per heavy atom. The molecule has 1 aromatic heterocycles. The molecule has 0 saturated heterocycles. The molecule has 3 nitrogen and oxygen atoms in total. The monoisotopic (exact) mass is 256 g/mol. The van der Waals surface area contributed by atoms with Crippen LogP contribution >= 0.6 is 0 Å². The molecule has 1 aliphatic rings. The molecule has 96 valence electrons. The average Bonchev–Trinajstić information content (AvgIpc) is 2.46. The zero-order valence-corrected chi connectivity index (χ0v) is 10.3. The molecule has 0 aliphatic carbocycles. The fourth-order valence-corrected chi connectivity index (χ4v) is 2.44. The highest BCUT2D eigenvalue weighted by molar-refractivity contribution is 6.06. The summed E-state index contributed by atoms with van der Waals surface area (Å²) in [7, 11) is 0. The number of anilines is 1. The smallest absolute Gasteiger partial charge is 0.262 e. The maximum atomic E-state index is 13.6. The number of pyridine rings is 1. The summed E-state index contributed by atoms with van der Waals surface area (Å²) >= 11 is 0. The molecular weight excluding hydrogens is 243 g/mol. The lowest BCUT2D eigenvalue weighted by Crippen LogP contribution is -2.36. The predicted octanol–water partition coefficient (Wildman–Crippen LogP) is 2.81. The van der Waals surface area contributed by atoms with Gasteiger partial charge in [-0.2, -0.15) is 4.39 Å². The lowest BCUT2D eigenvalue weighted by molar-refractivity contribution is 0.0980. The van der Waals surface area contributed by atoms with E-state index in [1.807, 2.05) is 24.3 Å². The van der Waals surface area contributed by atoms with Crippen molar-refractivity contribution in [3.8, 4) is 0 Å². The zero-order valence-electron chi connectivity index (χ0n) is 10.3. The van der Waals surface area contributed by atoms with Crippen LogP contribution in [0.3, 0.4) is 0 Å². The number of halogens is 1. The Labute approximate surface area is 110 Å². The molecule has 0 bridgehead atoms. The number of amides is 1. The average molecular weight is 256 g/mol. The van der Waals surface area contributed by atoms with E-state index in [1.165, 1.54) is 12.3 Å². The number of aryl methyl sites for hydroxylation is 1. The van der Waals surface area contributed by atoms with Crippen molar-refractivity contribution < 1.29 is 9.18 Å². The highest BCUT2D eigenvalue weighted by Crippen LogP contribution is 2.28. The molecule has 3 rings (SSSR count). The third kappa shape index (κ3) is 2.10. The minimum atomic E-state index is -0.712. The van der Waals surface area contributed by atoms with E-state index in [-0.39, 0.29) is 11.5 Å². The van der Waals surface area contributed by atoms with E-state index in [2.05, 4.69) is 4.98 Å². The molecule has 2 heterocycles. The minimum Gasteiger partial charge on any atom is -0.308 e. The first kappa shape index (κ1) is 11.8. The molecule has 0 N–H and O–H groups in total. The SMILES string of the molecule is O=C(c1cccnc1F)N1CCCc2ccccc21. The van der Waals surface area contributed by atoms with Gasteiger partial charge >= 0.3 is 0 Å². The maximum absolute atomic E-state index is 13.6. The molecule has 1 amide bonds. The normalized spacial score (nSPS) is 14.1. The van der Waals surface area contributed by atoms with Gasteiger partial charge in [0.2, 0.25) is 5.95 Å². The summed E-state index contributed by atoms with van der Waals surface area (Å²) < 4.78 is 13.6. The van der Waals surface area contributed by atoms with Crippen LogP contribution in [-0.2, 0) is 6.42 Å². The van der Waals surface area contributed by atoms with Crippen LogP contribution in [0.15, 0.2) is 42.6 Å². The van der Waals surface area contributed by atoms with Gasteiger partial charge in [-0.25, -0.2) is 4.98 Å². The van der Waals surface area contributed by atoms with E-state index in [9.17, 15) is 9.18 Å². The van der Waals surface area contributed by atoms with Crippen LogP contribution in [0.5, 0.6) is 0 Å². The van der Waals surface area contributed by atoms with Crippen molar-refractivity contribution >= 4 is 11.6 Å². The van der Waals surface area contributed by atoms with Gasteiger partial charge in [-0.05, 0) is 36.6 Å². The van der Waals surface area contributed by atoms with Gasteiger partial charge in [0.05, 0.1) is 5.56 Å². The quantitative estimate of drug-likeness (QED) is 0.735. The van der Waals surface area contributed by atoms with Crippen molar-refractivity contribution in [3.63, 3.8) is 0 Å². The van der Waals surface area contributed by atoms with Crippen LogP contribution in [0.25, 0.3) is 0 Å². The molecule has 0 fully saturated rings. The van der Waals surface area contributed by atoms with Crippen LogP contribution in [-0.4, -0.2) is 17.4 Å². The number of fused-ring (bicyclic) bond motifs is 1. The van der Waals surface area contributed by atoms with Gasteiger partial charge in [-0.15, -0.1) is 0 Å². The van der Waals surface area contributed by atoms with Crippen LogP contribution in [0.2, 0.25) is 0 Å². The molecule has 2 aromatic rings. The second-order valence-electron chi connectivity index (χ2n) is 4.53. The summed E-state index contributed by atoms with van der Waals surface area (Å²) in [6.45, 7) is 0.615. The maximum Gasteiger partial charge on any atom is 0.262 e. The molecule has 1 aliphatic heterocycles. The summed E-state index contributed by atoms with van der Waals surface area (Å²) in [6.07, 6.45) is 3.19. The van der Waals surface area contributed by atoms with Crippen LogP contribution in [0.4, 0.5) is 10.1 Å². The second-order valence-corrected chi connectivity index (χ2v) is 4.53. The van der Waals surface area contributed by atoms with Crippen molar-refractivity contribution in [3.05, 3.63) is 59.7 Å². The molecular formula is C15H13FN2O. The first-order valence-corrected chi connectivity index (χ1v) is 6.27. The van der Waals surface area contributed by atoms with E-state index < -0.39 is 5.95 Å². The van der Waals surface area contributed by atoms with Crippen LogP contribution in [0, 0.1) is 5.95 Å². The number of para-hydroxylation sites is 1. The third-order valence-electron chi connectivity index (χ3n) is 3.34. The van der Waals surface area contributed by atoms with E-state index in [0.29, 0.717) is 6.54 Å². The van der Waals surface area contributed by atoms with Gasteiger partial charge in [-0.1, -0.05) is 18.2 Å². The van der Waals surface area contributed by atoms with Gasteiger partial charge in [-0.3, -0.25) is 4.79 Å². The Hall–Kier alpha value is -2.23. The first-order chi connectivity index (χ1) is 9.27. The number of benzene rings is 1. The van der Waals surface area contributed by atoms with Gasteiger partial charge in [0.25, 0.3) is 5.91 Å². The Balaban J connectivity index is 2.00. The topological polar surface area (TPSA) is 33.2 Å². The molecule has 0 saturated carbocycles. The number of hydrogen-bond acceptors (Lipinski definition) is 2. The molecule has 0 atom stereocenters. The first-order valence-electron chi connectivity index (χ1n) is 6.27. The zero-order chi connectivity index (χ0) is 13.2. The van der Waals surface area contributed by atoms with Crippen molar-refractivity contribution in [1.29, 1.82) is 0 Å². The summed E-state index contributed by atoms with van der Waals surface area (Å²) in [4.78, 5) is 17.6. The summed E-state index contributed by atoms with van der Waals surface area (Å²) in [5.74, 6) is -1.03. The van der Waals surface area contributed by atoms with E-state index in [0.717, 1.165) is 24.1 Å². The minimum absolute atomic E-state index is 0.0270. The van der Waals surface area contributed by atoms with Crippen LogP contribution < -0.4 is 4.90 Å². The standard InChI is InChI=1S/C15H13FN2O/c16-14-12(7-3-9-17-14)15(19)18-10-4-6-11-5-1-2-8-13(11)18/h1-3,5,7-9H,4,6,10H2. The fraction of sp³-hybridized carbons (Fsp3) is 0.200. The Bertz CT molecular complexity index is 627. The number of carbonyl (C=O) groups is 1. The van der Waals surface area contributed by atoms with E-state index in [4.69, 9.17) is 0 Å². The number of carbonyl (C=O) groups excluding carboxylic acids is 1. The van der Waals surface area contributed by atoms with Gasteiger partial charge < -0.3 is 4.90 Å². The molecule has 0 radical (unpaired) electrons. The van der Waals surface area contributed by atoms with Crippen molar-refractivity contribution in [2.75, 3.05) is 11.4 Å². The fourth-order valence-electron chi connectivity index (χ4n) is 2.44. The Morgan fingerprint density at radius 3 is 2.89 bits per heavy atom. The van der Waals surface area contributed by atoms with Gasteiger partial charge in [0.1, 0.15) is 0 Å². The summed E-state index contributed by atoms with van der Waals surface area (Å²) in [5.41, 5.74) is 2.03. The van der Waals surface area contributed by atoms with Crippen LogP contribution in [0.1, 0.15) is 22.3 Å². The summed E-state index contributed by atoms with van der Waals surface area (Å²) in [5, 5.41) is 0.